The Morgan fingerprint density at radius 1 is 0.963 bits per heavy atom. The van der Waals surface area contributed by atoms with Crippen LogP contribution in [-0.4, -0.2) is 55.5 Å². The Morgan fingerprint density at radius 3 is 2.30 bits per heavy atom. The maximum absolute atomic E-state index is 12.3. The first-order chi connectivity index (χ1) is 13.2. The van der Waals surface area contributed by atoms with Crippen molar-refractivity contribution in [3.8, 4) is 5.75 Å². The summed E-state index contributed by atoms with van der Waals surface area (Å²) >= 11 is 0. The number of carbonyl (C=O) groups is 1. The minimum absolute atomic E-state index is 0.0632. The second-order valence-corrected chi connectivity index (χ2v) is 7.07. The van der Waals surface area contributed by atoms with Gasteiger partial charge in [0.15, 0.2) is 0 Å². The summed E-state index contributed by atoms with van der Waals surface area (Å²) < 4.78 is 5.33. The second kappa shape index (κ2) is 9.53. The molecule has 1 aliphatic rings. The van der Waals surface area contributed by atoms with Crippen LogP contribution in [0.5, 0.6) is 5.75 Å². The molecule has 27 heavy (non-hydrogen) atoms. The van der Waals surface area contributed by atoms with Crippen molar-refractivity contribution in [2.24, 2.45) is 0 Å². The van der Waals surface area contributed by atoms with E-state index in [2.05, 4.69) is 46.3 Å². The molecule has 0 saturated carbocycles. The highest BCUT2D eigenvalue weighted by atomic mass is 16.5. The van der Waals surface area contributed by atoms with Gasteiger partial charge in [-0.2, -0.15) is 0 Å². The number of para-hydroxylation sites is 1. The van der Waals surface area contributed by atoms with Crippen LogP contribution in [0.4, 0.5) is 0 Å². The Balaban J connectivity index is 1.41. The fourth-order valence-corrected chi connectivity index (χ4v) is 3.44. The number of methoxy groups -OCH3 is 1. The zero-order chi connectivity index (χ0) is 19.1. The Hall–Kier alpha value is -2.37. The van der Waals surface area contributed by atoms with E-state index in [4.69, 9.17) is 4.74 Å². The van der Waals surface area contributed by atoms with Gasteiger partial charge in [-0.1, -0.05) is 42.5 Å². The van der Waals surface area contributed by atoms with E-state index in [-0.39, 0.29) is 5.91 Å². The Bertz CT molecular complexity index is 755. The van der Waals surface area contributed by atoms with Crippen LogP contribution in [0.2, 0.25) is 0 Å². The lowest BCUT2D eigenvalue weighted by Crippen LogP contribution is -2.49. The molecule has 0 aromatic heterocycles. The molecule has 3 rings (SSSR count). The molecule has 1 aliphatic heterocycles. The van der Waals surface area contributed by atoms with Crippen molar-refractivity contribution >= 4 is 5.91 Å². The van der Waals surface area contributed by atoms with Crippen molar-refractivity contribution in [1.82, 2.24) is 15.1 Å². The summed E-state index contributed by atoms with van der Waals surface area (Å²) in [6.45, 7) is 7.94. The molecule has 5 heteroatoms. The second-order valence-electron chi connectivity index (χ2n) is 7.07. The molecule has 5 nitrogen and oxygen atoms in total. The summed E-state index contributed by atoms with van der Waals surface area (Å²) in [5.74, 6) is 0.871. The molecular weight excluding hydrogens is 338 g/mol. The molecule has 0 spiro atoms. The monoisotopic (exact) mass is 367 g/mol. The first kappa shape index (κ1) is 19.4. The fourth-order valence-electron chi connectivity index (χ4n) is 3.44. The number of ether oxygens (including phenoxy) is 1. The maximum atomic E-state index is 12.3. The van der Waals surface area contributed by atoms with Crippen molar-refractivity contribution in [3.63, 3.8) is 0 Å². The highest BCUT2D eigenvalue weighted by Crippen LogP contribution is 2.16. The number of nitrogens with zero attached hydrogens (tertiary/aromatic N) is 2. The predicted octanol–water partition coefficient (Wildman–Crippen LogP) is 2.44. The standard InChI is InChI=1S/C22H29N3O2/c1-18-7-3-4-9-20(18)16-24-11-13-25(14-12-24)17-22(26)23-15-19-8-5-6-10-21(19)27-2/h3-10H,11-17H2,1-2H3,(H,23,26). The van der Waals surface area contributed by atoms with E-state index in [1.54, 1.807) is 7.11 Å². The third kappa shape index (κ3) is 5.55. The molecule has 1 saturated heterocycles. The van der Waals surface area contributed by atoms with Gasteiger partial charge in [-0.3, -0.25) is 14.6 Å². The number of hydrogen-bond donors (Lipinski definition) is 1. The molecule has 0 unspecified atom stereocenters. The van der Waals surface area contributed by atoms with Crippen LogP contribution in [0.3, 0.4) is 0 Å². The van der Waals surface area contributed by atoms with Gasteiger partial charge < -0.3 is 10.1 Å². The molecule has 0 radical (unpaired) electrons. The molecule has 2 aromatic rings. The summed E-state index contributed by atoms with van der Waals surface area (Å²) in [6.07, 6.45) is 0. The van der Waals surface area contributed by atoms with Crippen LogP contribution in [0.15, 0.2) is 48.5 Å². The summed E-state index contributed by atoms with van der Waals surface area (Å²) in [5, 5.41) is 3.01. The van der Waals surface area contributed by atoms with Crippen LogP contribution in [0, 0.1) is 6.92 Å². The number of nitrogens with one attached hydrogen (secondary N) is 1. The van der Waals surface area contributed by atoms with Crippen LogP contribution in [0.25, 0.3) is 0 Å². The van der Waals surface area contributed by atoms with Gasteiger partial charge in [0, 0.05) is 44.8 Å². The first-order valence-corrected chi connectivity index (χ1v) is 9.53. The van der Waals surface area contributed by atoms with E-state index in [9.17, 15) is 4.79 Å². The van der Waals surface area contributed by atoms with Crippen LogP contribution in [-0.2, 0) is 17.9 Å². The van der Waals surface area contributed by atoms with Crippen molar-refractivity contribution in [2.75, 3.05) is 39.8 Å². The van der Waals surface area contributed by atoms with E-state index in [0.29, 0.717) is 13.1 Å². The van der Waals surface area contributed by atoms with Crippen molar-refractivity contribution in [2.45, 2.75) is 20.0 Å². The average Bonchev–Trinajstić information content (AvgIpc) is 2.70. The average molecular weight is 367 g/mol. The summed E-state index contributed by atoms with van der Waals surface area (Å²) in [4.78, 5) is 17.0. The quantitative estimate of drug-likeness (QED) is 0.816. The van der Waals surface area contributed by atoms with Gasteiger partial charge >= 0.3 is 0 Å². The van der Waals surface area contributed by atoms with Gasteiger partial charge in [-0.15, -0.1) is 0 Å². The number of hydrogen-bond acceptors (Lipinski definition) is 4. The van der Waals surface area contributed by atoms with E-state index < -0.39 is 0 Å². The third-order valence-corrected chi connectivity index (χ3v) is 5.16. The highest BCUT2D eigenvalue weighted by molar-refractivity contribution is 5.78. The molecule has 1 N–H and O–H groups in total. The molecular formula is C22H29N3O2. The fraction of sp³-hybridized carbons (Fsp3) is 0.409. The number of amides is 1. The normalized spacial score (nSPS) is 15.5. The largest absolute Gasteiger partial charge is 0.496 e. The van der Waals surface area contributed by atoms with Crippen LogP contribution >= 0.6 is 0 Å². The van der Waals surface area contributed by atoms with E-state index in [0.717, 1.165) is 44.0 Å². The molecule has 2 aromatic carbocycles. The summed E-state index contributed by atoms with van der Waals surface area (Å²) in [5.41, 5.74) is 3.73. The van der Waals surface area contributed by atoms with Gasteiger partial charge in [0.25, 0.3) is 0 Å². The minimum atomic E-state index is 0.0632. The van der Waals surface area contributed by atoms with Crippen LogP contribution < -0.4 is 10.1 Å². The number of aryl methyl sites for hydroxylation is 1. The molecule has 1 fully saturated rings. The molecule has 0 atom stereocenters. The van der Waals surface area contributed by atoms with E-state index in [1.807, 2.05) is 24.3 Å². The third-order valence-electron chi connectivity index (χ3n) is 5.16. The zero-order valence-corrected chi connectivity index (χ0v) is 16.3. The zero-order valence-electron chi connectivity index (χ0n) is 16.3. The van der Waals surface area contributed by atoms with Crippen molar-refractivity contribution in [1.29, 1.82) is 0 Å². The summed E-state index contributed by atoms with van der Waals surface area (Å²) in [7, 11) is 1.65. The molecule has 1 heterocycles. The topological polar surface area (TPSA) is 44.8 Å². The number of carbonyl (C=O) groups excluding carboxylic acids is 1. The maximum Gasteiger partial charge on any atom is 0.234 e. The van der Waals surface area contributed by atoms with Crippen LogP contribution in [0.1, 0.15) is 16.7 Å². The van der Waals surface area contributed by atoms with Gasteiger partial charge in [-0.25, -0.2) is 0 Å². The number of benzene rings is 2. The van der Waals surface area contributed by atoms with Crippen molar-refractivity contribution < 1.29 is 9.53 Å². The predicted molar refractivity (Wildman–Crippen MR) is 108 cm³/mol. The molecule has 144 valence electrons. The van der Waals surface area contributed by atoms with Crippen molar-refractivity contribution in [3.05, 3.63) is 65.2 Å². The Kier molecular flexibility index (Phi) is 6.85. The lowest BCUT2D eigenvalue weighted by atomic mass is 10.1. The number of piperazine rings is 1. The molecule has 0 aliphatic carbocycles. The summed E-state index contributed by atoms with van der Waals surface area (Å²) in [6, 6.07) is 16.3. The highest BCUT2D eigenvalue weighted by Gasteiger charge is 2.19. The SMILES string of the molecule is COc1ccccc1CNC(=O)CN1CCN(Cc2ccccc2C)CC1. The Labute approximate surface area is 161 Å². The molecule has 1 amide bonds. The van der Waals surface area contributed by atoms with Gasteiger partial charge in [-0.05, 0) is 24.1 Å². The first-order valence-electron chi connectivity index (χ1n) is 9.53. The molecule has 0 bridgehead atoms. The lowest BCUT2D eigenvalue weighted by Gasteiger charge is -2.34. The number of rotatable bonds is 7. The van der Waals surface area contributed by atoms with Gasteiger partial charge in [0.2, 0.25) is 5.91 Å². The Morgan fingerprint density at radius 2 is 1.59 bits per heavy atom. The lowest BCUT2D eigenvalue weighted by molar-refractivity contribution is -0.122. The minimum Gasteiger partial charge on any atom is -0.496 e. The smallest absolute Gasteiger partial charge is 0.234 e. The van der Waals surface area contributed by atoms with Gasteiger partial charge in [0.05, 0.1) is 13.7 Å². The van der Waals surface area contributed by atoms with E-state index >= 15 is 0 Å². The van der Waals surface area contributed by atoms with E-state index in [1.165, 1.54) is 11.1 Å². The van der Waals surface area contributed by atoms with Gasteiger partial charge in [0.1, 0.15) is 5.75 Å².